The van der Waals surface area contributed by atoms with Crippen molar-refractivity contribution in [3.8, 4) is 0 Å². The molecule has 0 aliphatic carbocycles. The molecule has 0 aliphatic rings. The first kappa shape index (κ1) is 15.8. The molecule has 6 nitrogen and oxygen atoms in total. The molecule has 0 spiro atoms. The summed E-state index contributed by atoms with van der Waals surface area (Å²) in [6.45, 7) is 2.87. The molecule has 1 atom stereocenters. The SMILES string of the molecule is CC(C)OC(=O)C(=O)C[C@@H](C[N+](=O)[O-])c1ccccc1. The average molecular weight is 279 g/mol. The fourth-order valence-corrected chi connectivity index (χ4v) is 1.78. The van der Waals surface area contributed by atoms with Crippen molar-refractivity contribution < 1.29 is 19.2 Å². The Morgan fingerprint density at radius 2 is 1.85 bits per heavy atom. The second-order valence-electron chi connectivity index (χ2n) is 4.70. The molecule has 1 rings (SSSR count). The quantitative estimate of drug-likeness (QED) is 0.329. The molecule has 0 fully saturated rings. The number of ketones is 1. The molecule has 0 N–H and O–H groups in total. The summed E-state index contributed by atoms with van der Waals surface area (Å²) in [6, 6.07) is 8.66. The molecule has 0 unspecified atom stereocenters. The van der Waals surface area contributed by atoms with E-state index in [0.29, 0.717) is 5.56 Å². The van der Waals surface area contributed by atoms with Crippen molar-refractivity contribution in [2.75, 3.05) is 6.54 Å². The summed E-state index contributed by atoms with van der Waals surface area (Å²) in [5.41, 5.74) is 0.662. The molecule has 0 saturated carbocycles. The van der Waals surface area contributed by atoms with Gasteiger partial charge in [-0.1, -0.05) is 30.3 Å². The van der Waals surface area contributed by atoms with Crippen LogP contribution in [-0.4, -0.2) is 29.3 Å². The van der Waals surface area contributed by atoms with Crippen LogP contribution >= 0.6 is 0 Å². The number of nitro groups is 1. The summed E-state index contributed by atoms with van der Waals surface area (Å²) >= 11 is 0. The number of hydrogen-bond acceptors (Lipinski definition) is 5. The maximum atomic E-state index is 11.7. The van der Waals surface area contributed by atoms with Gasteiger partial charge in [0.1, 0.15) is 0 Å². The summed E-state index contributed by atoms with van der Waals surface area (Å²) in [7, 11) is 0. The lowest BCUT2D eigenvalue weighted by molar-refractivity contribution is -0.483. The maximum absolute atomic E-state index is 11.7. The zero-order valence-electron chi connectivity index (χ0n) is 11.4. The van der Waals surface area contributed by atoms with E-state index in [1.54, 1.807) is 44.2 Å². The highest BCUT2D eigenvalue weighted by atomic mass is 16.6. The molecule has 0 amide bonds. The van der Waals surface area contributed by atoms with Crippen molar-refractivity contribution in [1.29, 1.82) is 0 Å². The van der Waals surface area contributed by atoms with Crippen LogP contribution in [0.4, 0.5) is 0 Å². The number of esters is 1. The van der Waals surface area contributed by atoms with Crippen LogP contribution in [0.1, 0.15) is 31.7 Å². The van der Waals surface area contributed by atoms with Crippen molar-refractivity contribution in [1.82, 2.24) is 0 Å². The van der Waals surface area contributed by atoms with Gasteiger partial charge in [0.05, 0.1) is 12.0 Å². The first-order valence-corrected chi connectivity index (χ1v) is 6.30. The lowest BCUT2D eigenvalue weighted by atomic mass is 9.94. The molecule has 0 saturated heterocycles. The average Bonchev–Trinajstić information content (AvgIpc) is 2.37. The normalized spacial score (nSPS) is 11.9. The Morgan fingerprint density at radius 1 is 1.25 bits per heavy atom. The summed E-state index contributed by atoms with van der Waals surface area (Å²) in [5, 5.41) is 10.7. The molecule has 108 valence electrons. The van der Waals surface area contributed by atoms with E-state index in [1.165, 1.54) is 0 Å². The van der Waals surface area contributed by atoms with Crippen LogP contribution < -0.4 is 0 Å². The second-order valence-corrected chi connectivity index (χ2v) is 4.70. The van der Waals surface area contributed by atoms with Crippen molar-refractivity contribution in [2.24, 2.45) is 0 Å². The van der Waals surface area contributed by atoms with Gasteiger partial charge in [0.2, 0.25) is 12.3 Å². The Bertz CT molecular complexity index is 484. The number of carbonyl (C=O) groups excluding carboxylic acids is 2. The first-order valence-electron chi connectivity index (χ1n) is 6.30. The third-order valence-electron chi connectivity index (χ3n) is 2.64. The third kappa shape index (κ3) is 5.17. The number of nitrogens with zero attached hydrogens (tertiary/aromatic N) is 1. The van der Waals surface area contributed by atoms with Gasteiger partial charge in [0.25, 0.3) is 0 Å². The minimum atomic E-state index is -0.940. The van der Waals surface area contributed by atoms with Crippen LogP contribution in [0.2, 0.25) is 0 Å². The summed E-state index contributed by atoms with van der Waals surface area (Å²) in [5.74, 6) is -2.31. The van der Waals surface area contributed by atoms with Gasteiger partial charge in [0.15, 0.2) is 0 Å². The fourth-order valence-electron chi connectivity index (χ4n) is 1.78. The summed E-state index contributed by atoms with van der Waals surface area (Å²) < 4.78 is 4.80. The number of carbonyl (C=O) groups is 2. The minimum absolute atomic E-state index is 0.226. The van der Waals surface area contributed by atoms with E-state index >= 15 is 0 Å². The summed E-state index contributed by atoms with van der Waals surface area (Å²) in [4.78, 5) is 33.4. The molecule has 0 heterocycles. The van der Waals surface area contributed by atoms with Gasteiger partial charge in [-0.05, 0) is 19.4 Å². The van der Waals surface area contributed by atoms with Crippen LogP contribution in [0.3, 0.4) is 0 Å². The highest BCUT2D eigenvalue weighted by Gasteiger charge is 2.26. The smallest absolute Gasteiger partial charge is 0.374 e. The molecule has 0 radical (unpaired) electrons. The highest BCUT2D eigenvalue weighted by molar-refractivity contribution is 6.33. The van der Waals surface area contributed by atoms with Crippen LogP contribution in [0.25, 0.3) is 0 Å². The van der Waals surface area contributed by atoms with Crippen LogP contribution in [-0.2, 0) is 14.3 Å². The third-order valence-corrected chi connectivity index (χ3v) is 2.64. The van der Waals surface area contributed by atoms with Crippen LogP contribution in [0, 0.1) is 10.1 Å². The molecular formula is C14H17NO5. The molecule has 1 aromatic rings. The van der Waals surface area contributed by atoms with E-state index in [2.05, 4.69) is 0 Å². The van der Waals surface area contributed by atoms with Crippen molar-refractivity contribution in [2.45, 2.75) is 32.3 Å². The van der Waals surface area contributed by atoms with Gasteiger partial charge in [0, 0.05) is 11.3 Å². The number of hydrogen-bond donors (Lipinski definition) is 0. The van der Waals surface area contributed by atoms with Gasteiger partial charge >= 0.3 is 5.97 Å². The molecule has 6 heteroatoms. The minimum Gasteiger partial charge on any atom is -0.457 e. The highest BCUT2D eigenvalue weighted by Crippen LogP contribution is 2.20. The van der Waals surface area contributed by atoms with Crippen LogP contribution in [0.5, 0.6) is 0 Å². The predicted octanol–water partition coefficient (Wildman–Crippen LogP) is 1.96. The van der Waals surface area contributed by atoms with E-state index in [4.69, 9.17) is 4.74 Å². The Labute approximate surface area is 116 Å². The van der Waals surface area contributed by atoms with E-state index in [-0.39, 0.29) is 6.42 Å². The van der Waals surface area contributed by atoms with E-state index in [9.17, 15) is 19.7 Å². The molecule has 0 aromatic heterocycles. The Hall–Kier alpha value is -2.24. The predicted molar refractivity (Wildman–Crippen MR) is 71.9 cm³/mol. The number of ether oxygens (including phenoxy) is 1. The first-order chi connectivity index (χ1) is 9.40. The Kier molecular flexibility index (Phi) is 5.83. The summed E-state index contributed by atoms with van der Waals surface area (Å²) in [6.07, 6.45) is -0.617. The molecule has 20 heavy (non-hydrogen) atoms. The van der Waals surface area contributed by atoms with Crippen LogP contribution in [0.15, 0.2) is 30.3 Å². The lowest BCUT2D eigenvalue weighted by Crippen LogP contribution is -2.25. The van der Waals surface area contributed by atoms with Crippen molar-refractivity contribution in [3.63, 3.8) is 0 Å². The number of benzene rings is 1. The monoisotopic (exact) mass is 279 g/mol. The topological polar surface area (TPSA) is 86.5 Å². The second kappa shape index (κ2) is 7.37. The Morgan fingerprint density at radius 3 is 2.35 bits per heavy atom. The van der Waals surface area contributed by atoms with Gasteiger partial charge in [-0.15, -0.1) is 0 Å². The number of rotatable bonds is 7. The number of Topliss-reactive ketones (excluding diaryl/α,β-unsaturated/α-hetero) is 1. The fraction of sp³-hybridized carbons (Fsp3) is 0.429. The largest absolute Gasteiger partial charge is 0.457 e. The van der Waals surface area contributed by atoms with Crippen molar-refractivity contribution in [3.05, 3.63) is 46.0 Å². The van der Waals surface area contributed by atoms with Gasteiger partial charge in [-0.3, -0.25) is 14.9 Å². The zero-order valence-corrected chi connectivity index (χ0v) is 11.4. The molecule has 0 aliphatic heterocycles. The molecule has 0 bridgehead atoms. The van der Waals surface area contributed by atoms with Gasteiger partial charge in [-0.25, -0.2) is 4.79 Å². The van der Waals surface area contributed by atoms with E-state index in [0.717, 1.165) is 0 Å². The van der Waals surface area contributed by atoms with E-state index in [1.807, 2.05) is 0 Å². The van der Waals surface area contributed by atoms with E-state index < -0.39 is 35.2 Å². The maximum Gasteiger partial charge on any atom is 0.374 e. The van der Waals surface area contributed by atoms with Gasteiger partial charge < -0.3 is 4.74 Å². The van der Waals surface area contributed by atoms with Gasteiger partial charge in [-0.2, -0.15) is 0 Å². The Balaban J connectivity index is 2.78. The van der Waals surface area contributed by atoms with Crippen molar-refractivity contribution >= 4 is 11.8 Å². The molecule has 1 aromatic carbocycles. The zero-order chi connectivity index (χ0) is 15.1. The standard InChI is InChI=1S/C14H17NO5/c1-10(2)20-14(17)13(16)8-12(9-15(18)19)11-6-4-3-5-7-11/h3-7,10,12H,8-9H2,1-2H3/t12-/m0/s1. The lowest BCUT2D eigenvalue weighted by Gasteiger charge is -2.13. The molecular weight excluding hydrogens is 262 g/mol.